The Kier molecular flexibility index (Phi) is 42.6. The molecule has 0 rings (SSSR count). The molecule has 1 radical (unpaired) electrons. The minimum Gasteiger partial charge on any atom is -0.317 e. The van der Waals surface area contributed by atoms with Gasteiger partial charge in [-0.3, -0.25) is 0 Å². The summed E-state index contributed by atoms with van der Waals surface area (Å²) in [6, 6.07) is 0. The van der Waals surface area contributed by atoms with Crippen LogP contribution in [-0.2, 0) is 0 Å². The predicted molar refractivity (Wildman–Crippen MR) is 49.8 cm³/mol. The third-order valence-corrected chi connectivity index (χ3v) is 0.500. The fourth-order valence-electron chi connectivity index (χ4n) is 0.250. The highest BCUT2D eigenvalue weighted by Crippen LogP contribution is 1.54. The Hall–Kier alpha value is 0.492. The second kappa shape index (κ2) is 23.6. The van der Waals surface area contributed by atoms with Crippen LogP contribution in [0.25, 0.3) is 0 Å². The smallest absolute Gasteiger partial charge is 0.187 e. The normalized spacial score (nSPS) is 6.67. The molecule has 0 atom stereocenters. The molecular formula is C7H21AlN. The molecule has 0 aromatic carbocycles. The Balaban J connectivity index is -0.0000000800. The van der Waals surface area contributed by atoms with Gasteiger partial charge in [-0.1, -0.05) is 34.1 Å². The third-order valence-electron chi connectivity index (χ3n) is 0.500. The Morgan fingerprint density at radius 3 is 1.33 bits per heavy atom. The quantitative estimate of drug-likeness (QED) is 0.564. The van der Waals surface area contributed by atoms with Crippen molar-refractivity contribution in [2.45, 2.75) is 27.2 Å². The van der Waals surface area contributed by atoms with E-state index in [0.29, 0.717) is 0 Å². The molecule has 0 saturated carbocycles. The molecule has 57 valence electrons. The van der Waals surface area contributed by atoms with E-state index in [1.54, 1.807) is 0 Å². The van der Waals surface area contributed by atoms with Crippen molar-refractivity contribution in [3.05, 3.63) is 6.92 Å². The van der Waals surface area contributed by atoms with Crippen LogP contribution < -0.4 is 5.32 Å². The van der Waals surface area contributed by atoms with Gasteiger partial charge in [0, 0.05) is 0 Å². The van der Waals surface area contributed by atoms with Gasteiger partial charge in [-0.15, -0.1) is 0 Å². The average Bonchev–Trinajstić information content (AvgIpc) is 1.71. The van der Waals surface area contributed by atoms with Crippen molar-refractivity contribution >= 4 is 17.4 Å². The van der Waals surface area contributed by atoms with E-state index in [9.17, 15) is 0 Å². The van der Waals surface area contributed by atoms with E-state index in [1.165, 1.54) is 0 Å². The Morgan fingerprint density at radius 1 is 1.11 bits per heavy atom. The van der Waals surface area contributed by atoms with Crippen molar-refractivity contribution in [3.8, 4) is 0 Å². The van der Waals surface area contributed by atoms with Gasteiger partial charge in [0.05, 0.1) is 0 Å². The molecule has 1 N–H and O–H groups in total. The second-order valence-corrected chi connectivity index (χ2v) is 1.46. The zero-order valence-corrected chi connectivity index (χ0v) is 6.33. The van der Waals surface area contributed by atoms with Crippen molar-refractivity contribution in [3.63, 3.8) is 0 Å². The third kappa shape index (κ3) is 57.6. The summed E-state index contributed by atoms with van der Waals surface area (Å²) in [5.74, 6) is 0. The Labute approximate surface area is 70.4 Å². The van der Waals surface area contributed by atoms with Gasteiger partial charge < -0.3 is 5.32 Å². The lowest BCUT2D eigenvalue weighted by Crippen LogP contribution is -2.09. The summed E-state index contributed by atoms with van der Waals surface area (Å²) >= 11 is 0. The molecule has 0 fully saturated rings. The summed E-state index contributed by atoms with van der Waals surface area (Å²) < 4.78 is 0. The van der Waals surface area contributed by atoms with Crippen molar-refractivity contribution < 1.29 is 0 Å². The van der Waals surface area contributed by atoms with Crippen LogP contribution in [0.5, 0.6) is 0 Å². The van der Waals surface area contributed by atoms with E-state index >= 15 is 0 Å². The molecule has 9 heavy (non-hydrogen) atoms. The molecule has 0 spiro atoms. The van der Waals surface area contributed by atoms with Crippen molar-refractivity contribution in [1.29, 1.82) is 0 Å². The van der Waals surface area contributed by atoms with E-state index in [0.717, 1.165) is 19.5 Å². The summed E-state index contributed by atoms with van der Waals surface area (Å²) in [5, 5.41) is 3.11. The summed E-state index contributed by atoms with van der Waals surface area (Å²) in [6.45, 7) is 11.9. The Morgan fingerprint density at radius 2 is 1.33 bits per heavy atom. The van der Waals surface area contributed by atoms with Crippen molar-refractivity contribution in [2.75, 3.05) is 13.1 Å². The van der Waals surface area contributed by atoms with Crippen LogP contribution in [0.3, 0.4) is 0 Å². The molecule has 0 amide bonds. The lowest BCUT2D eigenvalue weighted by Gasteiger charge is -1.86. The molecule has 0 unspecified atom stereocenters. The van der Waals surface area contributed by atoms with Gasteiger partial charge >= 0.3 is 0 Å². The van der Waals surface area contributed by atoms with E-state index < -0.39 is 0 Å². The molecule has 0 bridgehead atoms. The predicted octanol–water partition coefficient (Wildman–Crippen LogP) is 0.662. The van der Waals surface area contributed by atoms with Crippen LogP contribution in [-0.4, -0.2) is 30.5 Å². The van der Waals surface area contributed by atoms with Crippen LogP contribution in [0.4, 0.5) is 0 Å². The van der Waals surface area contributed by atoms with Crippen LogP contribution in [0.15, 0.2) is 0 Å². The number of hydrogen-bond acceptors (Lipinski definition) is 1. The lowest BCUT2D eigenvalue weighted by atomic mass is 10.6. The first kappa shape index (κ1) is 16.2. The van der Waals surface area contributed by atoms with Gasteiger partial charge in [-0.05, 0) is 13.1 Å². The van der Waals surface area contributed by atoms with Gasteiger partial charge in [0.15, 0.2) is 17.4 Å². The molecular weight excluding hydrogens is 125 g/mol. The van der Waals surface area contributed by atoms with E-state index in [2.05, 4.69) is 26.1 Å². The fourth-order valence-corrected chi connectivity index (χ4v) is 0.250. The maximum Gasteiger partial charge on any atom is 0.187 e. The summed E-state index contributed by atoms with van der Waals surface area (Å²) in [4.78, 5) is 0. The molecule has 0 heterocycles. The first-order chi connectivity index (χ1) is 3.83. The SMILES string of the molecule is CCNCC.[AlH3].[CH2]CC. The number of nitrogens with one attached hydrogen (secondary N) is 1. The molecule has 2 heteroatoms. The Bertz CT molecular complexity index is 22.9. The van der Waals surface area contributed by atoms with E-state index in [1.807, 2.05) is 6.92 Å². The first-order valence-electron chi connectivity index (χ1n) is 3.33. The van der Waals surface area contributed by atoms with E-state index in [-0.39, 0.29) is 17.4 Å². The highest BCUT2D eigenvalue weighted by Gasteiger charge is 1.62. The highest BCUT2D eigenvalue weighted by atomic mass is 27.0. The largest absolute Gasteiger partial charge is 0.317 e. The average molecular weight is 146 g/mol. The number of hydrogen-bond donors (Lipinski definition) is 1. The minimum absolute atomic E-state index is 0. The van der Waals surface area contributed by atoms with Gasteiger partial charge in [-0.25, -0.2) is 0 Å². The zero-order valence-electron chi connectivity index (χ0n) is 6.33. The second-order valence-electron chi connectivity index (χ2n) is 1.46. The molecule has 0 saturated heterocycles. The van der Waals surface area contributed by atoms with Crippen molar-refractivity contribution in [2.24, 2.45) is 0 Å². The molecule has 0 aliphatic carbocycles. The standard InChI is InChI=1S/C4H11N.C3H7.Al.3H/c1-3-5-4-2;1-3-2;;;;/h5H,3-4H2,1-2H3;1,3H2,2H3;;;;. The lowest BCUT2D eigenvalue weighted by molar-refractivity contribution is 0.762. The van der Waals surface area contributed by atoms with E-state index in [4.69, 9.17) is 0 Å². The molecule has 0 aliphatic heterocycles. The molecule has 0 aromatic heterocycles. The maximum atomic E-state index is 3.49. The van der Waals surface area contributed by atoms with Crippen LogP contribution >= 0.6 is 0 Å². The molecule has 0 aliphatic rings. The summed E-state index contributed by atoms with van der Waals surface area (Å²) in [5.41, 5.74) is 0. The van der Waals surface area contributed by atoms with Crippen LogP contribution in [0, 0.1) is 6.92 Å². The fraction of sp³-hybridized carbons (Fsp3) is 0.857. The maximum absolute atomic E-state index is 3.49. The minimum atomic E-state index is 0. The summed E-state index contributed by atoms with van der Waals surface area (Å²) in [6.07, 6.45) is 1.00. The first-order valence-corrected chi connectivity index (χ1v) is 3.33. The zero-order chi connectivity index (χ0) is 6.83. The van der Waals surface area contributed by atoms with Crippen LogP contribution in [0.2, 0.25) is 0 Å². The summed E-state index contributed by atoms with van der Waals surface area (Å²) in [7, 11) is 0. The van der Waals surface area contributed by atoms with Gasteiger partial charge in [0.2, 0.25) is 0 Å². The topological polar surface area (TPSA) is 12.0 Å². The van der Waals surface area contributed by atoms with Crippen molar-refractivity contribution in [1.82, 2.24) is 5.32 Å². The van der Waals surface area contributed by atoms with Gasteiger partial charge in [-0.2, -0.15) is 0 Å². The number of rotatable bonds is 2. The highest BCUT2D eigenvalue weighted by molar-refractivity contribution is 5.75. The van der Waals surface area contributed by atoms with Crippen LogP contribution in [0.1, 0.15) is 27.2 Å². The van der Waals surface area contributed by atoms with Gasteiger partial charge in [0.25, 0.3) is 0 Å². The monoisotopic (exact) mass is 146 g/mol. The van der Waals surface area contributed by atoms with Gasteiger partial charge in [0.1, 0.15) is 0 Å². The molecule has 1 nitrogen and oxygen atoms in total. The molecule has 0 aromatic rings.